The first-order valence-corrected chi connectivity index (χ1v) is 9.53. The molecule has 0 bridgehead atoms. The normalized spacial score (nSPS) is 36.9. The van der Waals surface area contributed by atoms with Crippen molar-refractivity contribution in [2.75, 3.05) is 32.8 Å². The fraction of sp³-hybridized carbons (Fsp3) is 1.00. The monoisotopic (exact) mass is 318 g/mol. The number of aliphatic hydroxyl groups excluding tert-OH is 1. The van der Waals surface area contributed by atoms with Crippen molar-refractivity contribution in [3.8, 4) is 0 Å². The Labute approximate surface area is 127 Å². The Morgan fingerprint density at radius 1 is 0.952 bits per heavy atom. The number of morpholine rings is 1. The predicted octanol–water partition coefficient (Wildman–Crippen LogP) is 0.579. The number of hydrogen-bond donors (Lipinski definition) is 1. The number of rotatable bonds is 3. The van der Waals surface area contributed by atoms with Crippen LogP contribution in [0.4, 0.5) is 0 Å². The molecule has 0 aromatic heterocycles. The highest BCUT2D eigenvalue weighted by Crippen LogP contribution is 2.36. The van der Waals surface area contributed by atoms with Crippen molar-refractivity contribution >= 4 is 10.2 Å². The summed E-state index contributed by atoms with van der Waals surface area (Å²) in [4.78, 5) is 0. The van der Waals surface area contributed by atoms with E-state index in [9.17, 15) is 13.5 Å². The molecule has 0 radical (unpaired) electrons. The molecule has 2 heterocycles. The van der Waals surface area contributed by atoms with Crippen molar-refractivity contribution in [3.05, 3.63) is 0 Å². The molecule has 6 nitrogen and oxygen atoms in total. The average Bonchev–Trinajstić information content (AvgIpc) is 2.99. The van der Waals surface area contributed by atoms with Gasteiger partial charge in [-0.2, -0.15) is 17.0 Å². The molecule has 122 valence electrons. The Kier molecular flexibility index (Phi) is 4.85. The van der Waals surface area contributed by atoms with Crippen LogP contribution in [0.5, 0.6) is 0 Å². The zero-order valence-corrected chi connectivity index (χ0v) is 13.3. The first-order valence-electron chi connectivity index (χ1n) is 8.13. The highest BCUT2D eigenvalue weighted by atomic mass is 32.2. The van der Waals surface area contributed by atoms with E-state index in [1.807, 2.05) is 0 Å². The van der Waals surface area contributed by atoms with E-state index in [2.05, 4.69) is 0 Å². The largest absolute Gasteiger partial charge is 0.393 e. The smallest absolute Gasteiger partial charge is 0.282 e. The summed E-state index contributed by atoms with van der Waals surface area (Å²) in [5.41, 5.74) is 0. The Morgan fingerprint density at radius 3 is 2.38 bits per heavy atom. The van der Waals surface area contributed by atoms with Gasteiger partial charge in [0.2, 0.25) is 0 Å². The second-order valence-electron chi connectivity index (χ2n) is 6.36. The average molecular weight is 318 g/mol. The van der Waals surface area contributed by atoms with Crippen molar-refractivity contribution in [2.45, 2.75) is 50.7 Å². The Morgan fingerprint density at radius 2 is 1.67 bits per heavy atom. The zero-order chi connectivity index (χ0) is 14.9. The van der Waals surface area contributed by atoms with Crippen LogP contribution in [0.15, 0.2) is 0 Å². The molecule has 3 aliphatic rings. The molecule has 0 aromatic rings. The SMILES string of the molecule is O=S(=O)(N1CCOCC1)N1CCCC1C1CCCCC1O. The van der Waals surface area contributed by atoms with Crippen LogP contribution in [0.1, 0.15) is 38.5 Å². The van der Waals surface area contributed by atoms with Gasteiger partial charge in [0.1, 0.15) is 0 Å². The Balaban J connectivity index is 1.76. The van der Waals surface area contributed by atoms with Gasteiger partial charge in [0, 0.05) is 31.6 Å². The molecule has 0 amide bonds. The van der Waals surface area contributed by atoms with Crippen LogP contribution in [-0.2, 0) is 14.9 Å². The van der Waals surface area contributed by atoms with Crippen LogP contribution in [0.2, 0.25) is 0 Å². The molecular formula is C14H26N2O4S. The summed E-state index contributed by atoms with van der Waals surface area (Å²) in [6.07, 6.45) is 5.35. The quantitative estimate of drug-likeness (QED) is 0.826. The van der Waals surface area contributed by atoms with Gasteiger partial charge in [-0.15, -0.1) is 0 Å². The van der Waals surface area contributed by atoms with Gasteiger partial charge < -0.3 is 9.84 Å². The van der Waals surface area contributed by atoms with E-state index >= 15 is 0 Å². The summed E-state index contributed by atoms with van der Waals surface area (Å²) in [6.45, 7) is 2.43. The number of ether oxygens (including phenoxy) is 1. The molecule has 2 saturated heterocycles. The van der Waals surface area contributed by atoms with Crippen molar-refractivity contribution < 1.29 is 18.3 Å². The summed E-state index contributed by atoms with van der Waals surface area (Å²) in [5, 5.41) is 10.3. The number of hydrogen-bond acceptors (Lipinski definition) is 4. The maximum atomic E-state index is 12.9. The minimum Gasteiger partial charge on any atom is -0.393 e. The number of nitrogens with zero attached hydrogens (tertiary/aromatic N) is 2. The summed E-state index contributed by atoms with van der Waals surface area (Å²) in [7, 11) is -3.41. The standard InChI is InChI=1S/C14H26N2O4S/c17-14-6-2-1-4-12(14)13-5-3-7-16(13)21(18,19)15-8-10-20-11-9-15/h12-14,17H,1-11H2. The van der Waals surface area contributed by atoms with Gasteiger partial charge in [-0.1, -0.05) is 12.8 Å². The number of aliphatic hydroxyl groups is 1. The van der Waals surface area contributed by atoms with Crippen molar-refractivity contribution in [3.63, 3.8) is 0 Å². The molecule has 0 spiro atoms. The van der Waals surface area contributed by atoms with E-state index in [-0.39, 0.29) is 18.1 Å². The molecule has 1 N–H and O–H groups in total. The van der Waals surface area contributed by atoms with Crippen LogP contribution in [0.25, 0.3) is 0 Å². The fourth-order valence-electron chi connectivity index (χ4n) is 3.99. The molecule has 3 atom stereocenters. The van der Waals surface area contributed by atoms with E-state index in [1.165, 1.54) is 0 Å². The second-order valence-corrected chi connectivity index (χ2v) is 8.24. The first-order chi connectivity index (χ1) is 10.1. The first kappa shape index (κ1) is 15.7. The lowest BCUT2D eigenvalue weighted by Crippen LogP contribution is -2.53. The van der Waals surface area contributed by atoms with Gasteiger partial charge in [0.05, 0.1) is 19.3 Å². The fourth-order valence-corrected chi connectivity index (χ4v) is 5.87. The lowest BCUT2D eigenvalue weighted by molar-refractivity contribution is 0.0349. The minimum atomic E-state index is -3.41. The van der Waals surface area contributed by atoms with Crippen LogP contribution in [-0.4, -0.2) is 67.1 Å². The summed E-state index contributed by atoms with van der Waals surface area (Å²) >= 11 is 0. The maximum Gasteiger partial charge on any atom is 0.282 e. The molecule has 1 saturated carbocycles. The highest BCUT2D eigenvalue weighted by molar-refractivity contribution is 7.86. The van der Waals surface area contributed by atoms with Gasteiger partial charge in [-0.25, -0.2) is 0 Å². The van der Waals surface area contributed by atoms with Crippen molar-refractivity contribution in [1.29, 1.82) is 0 Å². The van der Waals surface area contributed by atoms with E-state index in [0.717, 1.165) is 38.5 Å². The molecule has 3 rings (SSSR count). The minimum absolute atomic E-state index is 0.0202. The van der Waals surface area contributed by atoms with Crippen LogP contribution < -0.4 is 0 Å². The third kappa shape index (κ3) is 3.12. The lowest BCUT2D eigenvalue weighted by Gasteiger charge is -2.39. The lowest BCUT2D eigenvalue weighted by atomic mass is 9.81. The van der Waals surface area contributed by atoms with E-state index in [1.54, 1.807) is 8.61 Å². The molecular weight excluding hydrogens is 292 g/mol. The molecule has 7 heteroatoms. The second kappa shape index (κ2) is 6.50. The topological polar surface area (TPSA) is 70.1 Å². The third-order valence-corrected chi connectivity index (χ3v) is 7.18. The van der Waals surface area contributed by atoms with Crippen molar-refractivity contribution in [2.24, 2.45) is 5.92 Å². The molecule has 0 aromatic carbocycles. The van der Waals surface area contributed by atoms with Gasteiger partial charge >= 0.3 is 0 Å². The Hall–Kier alpha value is -0.210. The van der Waals surface area contributed by atoms with Gasteiger partial charge in [0.15, 0.2) is 0 Å². The molecule has 2 aliphatic heterocycles. The van der Waals surface area contributed by atoms with Crippen molar-refractivity contribution in [1.82, 2.24) is 8.61 Å². The third-order valence-electron chi connectivity index (χ3n) is 5.12. The summed E-state index contributed by atoms with van der Waals surface area (Å²) in [6, 6.07) is -0.0202. The van der Waals surface area contributed by atoms with E-state index in [0.29, 0.717) is 32.8 Å². The molecule has 3 unspecified atom stereocenters. The van der Waals surface area contributed by atoms with Gasteiger partial charge in [-0.05, 0) is 25.7 Å². The summed E-state index contributed by atoms with van der Waals surface area (Å²) in [5.74, 6) is 0.108. The maximum absolute atomic E-state index is 12.9. The van der Waals surface area contributed by atoms with E-state index < -0.39 is 10.2 Å². The molecule has 3 fully saturated rings. The van der Waals surface area contributed by atoms with E-state index in [4.69, 9.17) is 4.74 Å². The predicted molar refractivity (Wildman–Crippen MR) is 79.0 cm³/mol. The molecule has 21 heavy (non-hydrogen) atoms. The Bertz CT molecular complexity index is 450. The molecule has 1 aliphatic carbocycles. The van der Waals surface area contributed by atoms with Crippen LogP contribution >= 0.6 is 0 Å². The summed E-state index contributed by atoms with van der Waals surface area (Å²) < 4.78 is 34.2. The highest BCUT2D eigenvalue weighted by Gasteiger charge is 2.44. The zero-order valence-electron chi connectivity index (χ0n) is 12.5. The van der Waals surface area contributed by atoms with Crippen LogP contribution in [0, 0.1) is 5.92 Å². The van der Waals surface area contributed by atoms with Gasteiger partial charge in [0.25, 0.3) is 10.2 Å². The van der Waals surface area contributed by atoms with Gasteiger partial charge in [-0.3, -0.25) is 0 Å². The van der Waals surface area contributed by atoms with Crippen LogP contribution in [0.3, 0.4) is 0 Å².